The van der Waals surface area contributed by atoms with Crippen molar-refractivity contribution in [2.45, 2.75) is 49.1 Å². The highest BCUT2D eigenvalue weighted by Crippen LogP contribution is 2.46. The van der Waals surface area contributed by atoms with Crippen molar-refractivity contribution in [3.8, 4) is 22.9 Å². The van der Waals surface area contributed by atoms with E-state index in [4.69, 9.17) is 19.4 Å². The molecule has 2 aromatic heterocycles. The summed E-state index contributed by atoms with van der Waals surface area (Å²) in [4.78, 5) is 21.6. The van der Waals surface area contributed by atoms with E-state index < -0.39 is 10.5 Å². The van der Waals surface area contributed by atoms with Crippen LogP contribution in [0, 0.1) is 0 Å². The lowest BCUT2D eigenvalue weighted by Gasteiger charge is -2.26. The number of rotatable bonds is 5. The average molecular weight is 598 g/mol. The number of pyridine rings is 1. The van der Waals surface area contributed by atoms with Gasteiger partial charge in [0, 0.05) is 29.0 Å². The van der Waals surface area contributed by atoms with E-state index in [2.05, 4.69) is 38.7 Å². The first-order chi connectivity index (χ1) is 19.4. The van der Waals surface area contributed by atoms with Crippen LogP contribution in [0.2, 0.25) is 0 Å². The molecule has 2 aliphatic rings. The Morgan fingerprint density at radius 3 is 2.65 bits per heavy atom. The summed E-state index contributed by atoms with van der Waals surface area (Å²) in [5, 5.41) is 10.5. The zero-order valence-electron chi connectivity index (χ0n) is 22.1. The number of imidazole rings is 1. The summed E-state index contributed by atoms with van der Waals surface area (Å²) in [6.07, 6.45) is 6.46. The molecule has 5 aromatic rings. The summed E-state index contributed by atoms with van der Waals surface area (Å²) in [5.41, 5.74) is 5.68. The Morgan fingerprint density at radius 2 is 1.85 bits per heavy atom. The number of aromatic carboxylic acids is 1. The molecule has 1 aliphatic heterocycles. The van der Waals surface area contributed by atoms with E-state index in [1.165, 1.54) is 19.3 Å². The van der Waals surface area contributed by atoms with E-state index in [1.54, 1.807) is 19.2 Å². The smallest absolute Gasteiger partial charge is 0.335 e. The monoisotopic (exact) mass is 597 g/mol. The van der Waals surface area contributed by atoms with E-state index in [0.29, 0.717) is 18.0 Å². The van der Waals surface area contributed by atoms with Gasteiger partial charge in [-0.2, -0.15) is 0 Å². The van der Waals surface area contributed by atoms with Gasteiger partial charge in [-0.1, -0.05) is 25.3 Å². The first-order valence-corrected chi connectivity index (χ1v) is 14.4. The highest BCUT2D eigenvalue weighted by molar-refractivity contribution is 9.09. The molecule has 7 nitrogen and oxygen atoms in total. The molecule has 1 saturated carbocycles. The molecule has 0 bridgehead atoms. The molecule has 1 fully saturated rings. The minimum absolute atomic E-state index is 0.251. The Balaban J connectivity index is 1.28. The van der Waals surface area contributed by atoms with E-state index in [-0.39, 0.29) is 5.56 Å². The van der Waals surface area contributed by atoms with Crippen LogP contribution in [0.1, 0.15) is 59.8 Å². The Morgan fingerprint density at radius 1 is 1.00 bits per heavy atom. The molecule has 3 aromatic carbocycles. The number of halogens is 1. The van der Waals surface area contributed by atoms with Crippen LogP contribution in [0.5, 0.6) is 11.5 Å². The average Bonchev–Trinajstić information content (AvgIpc) is 3.54. The second-order valence-electron chi connectivity index (χ2n) is 10.7. The number of carboxylic acids is 1. The van der Waals surface area contributed by atoms with Crippen LogP contribution in [0.25, 0.3) is 33.3 Å². The molecule has 8 heteroatoms. The second kappa shape index (κ2) is 9.63. The van der Waals surface area contributed by atoms with E-state index >= 15 is 0 Å². The van der Waals surface area contributed by atoms with Crippen molar-refractivity contribution in [3.05, 3.63) is 83.6 Å². The summed E-state index contributed by atoms with van der Waals surface area (Å²) in [6.45, 7) is 0. The number of alkyl halides is 1. The van der Waals surface area contributed by atoms with E-state index in [1.807, 2.05) is 36.4 Å². The predicted octanol–water partition coefficient (Wildman–Crippen LogP) is 7.65. The summed E-state index contributed by atoms with van der Waals surface area (Å²) < 4.78 is 13.3. The topological polar surface area (TPSA) is 86.5 Å². The standard InChI is InChI=1S/C32H28BrN3O4/c1-39-24-10-13-28-22(16-24)18-32(33,40-28)29-14-9-19-15-20(7-11-25(19)34-29)30-35-26-17-21(31(37)38)8-12-27(26)36(30)23-5-3-2-4-6-23/h7-17,23H,2-6,18H2,1H3,(H,37,38). The summed E-state index contributed by atoms with van der Waals surface area (Å²) in [7, 11) is 1.66. The normalized spacial score (nSPS) is 19.1. The van der Waals surface area contributed by atoms with Crippen molar-refractivity contribution in [1.29, 1.82) is 0 Å². The number of nitrogens with zero attached hydrogens (tertiary/aromatic N) is 3. The van der Waals surface area contributed by atoms with Gasteiger partial charge in [0.15, 0.2) is 0 Å². The predicted molar refractivity (Wildman–Crippen MR) is 157 cm³/mol. The highest BCUT2D eigenvalue weighted by atomic mass is 79.9. The fourth-order valence-corrected chi connectivity index (χ4v) is 6.83. The van der Waals surface area contributed by atoms with Gasteiger partial charge in [-0.05, 0) is 89.4 Å². The van der Waals surface area contributed by atoms with Gasteiger partial charge in [0.2, 0.25) is 4.51 Å². The fourth-order valence-electron chi connectivity index (χ4n) is 6.14. The first-order valence-electron chi connectivity index (χ1n) is 13.6. The number of benzene rings is 3. The molecule has 1 aliphatic carbocycles. The number of methoxy groups -OCH3 is 1. The number of hydrogen-bond donors (Lipinski definition) is 1. The lowest BCUT2D eigenvalue weighted by molar-refractivity contribution is 0.0697. The van der Waals surface area contributed by atoms with Gasteiger partial charge in [0.05, 0.1) is 34.9 Å². The number of carboxylic acid groups (broad SMARTS) is 1. The summed E-state index contributed by atoms with van der Waals surface area (Å²) in [6, 6.07) is 21.7. The largest absolute Gasteiger partial charge is 0.497 e. The Labute approximate surface area is 239 Å². The van der Waals surface area contributed by atoms with Crippen LogP contribution in [0.3, 0.4) is 0 Å². The lowest BCUT2D eigenvalue weighted by atomic mass is 9.94. The Hall–Kier alpha value is -3.91. The van der Waals surface area contributed by atoms with E-state index in [9.17, 15) is 9.90 Å². The number of fused-ring (bicyclic) bond motifs is 3. The van der Waals surface area contributed by atoms with Gasteiger partial charge >= 0.3 is 5.97 Å². The van der Waals surface area contributed by atoms with Crippen LogP contribution >= 0.6 is 15.9 Å². The van der Waals surface area contributed by atoms with Crippen LogP contribution in [-0.2, 0) is 10.9 Å². The molecule has 0 spiro atoms. The zero-order chi connectivity index (χ0) is 27.4. The van der Waals surface area contributed by atoms with Crippen molar-refractivity contribution < 1.29 is 19.4 Å². The molecule has 1 N–H and O–H groups in total. The quantitative estimate of drug-likeness (QED) is 0.209. The van der Waals surface area contributed by atoms with Gasteiger partial charge in [-0.25, -0.2) is 14.8 Å². The van der Waals surface area contributed by atoms with E-state index in [0.717, 1.165) is 63.4 Å². The summed E-state index contributed by atoms with van der Waals surface area (Å²) in [5.74, 6) is 1.55. The first kappa shape index (κ1) is 25.1. The molecular weight excluding hydrogens is 570 g/mol. The third kappa shape index (κ3) is 4.22. The molecular formula is C32H28BrN3O4. The number of aromatic nitrogens is 3. The van der Waals surface area contributed by atoms with Crippen LogP contribution in [0.4, 0.5) is 0 Å². The number of hydrogen-bond acceptors (Lipinski definition) is 5. The molecule has 1 atom stereocenters. The maximum absolute atomic E-state index is 11.6. The highest BCUT2D eigenvalue weighted by Gasteiger charge is 2.40. The molecule has 202 valence electrons. The lowest BCUT2D eigenvalue weighted by Crippen LogP contribution is -2.24. The maximum atomic E-state index is 11.6. The zero-order valence-corrected chi connectivity index (χ0v) is 23.6. The van der Waals surface area contributed by atoms with Gasteiger partial charge < -0.3 is 19.1 Å². The Bertz CT molecular complexity index is 1790. The van der Waals surface area contributed by atoms with Crippen molar-refractivity contribution in [1.82, 2.24) is 14.5 Å². The van der Waals surface area contributed by atoms with Gasteiger partial charge in [0.25, 0.3) is 0 Å². The van der Waals surface area contributed by atoms with Gasteiger partial charge in [-0.3, -0.25) is 0 Å². The minimum atomic E-state index is -0.943. The van der Waals surface area contributed by atoms with Gasteiger partial charge in [0.1, 0.15) is 17.3 Å². The van der Waals surface area contributed by atoms with Crippen molar-refractivity contribution >= 4 is 43.8 Å². The maximum Gasteiger partial charge on any atom is 0.335 e. The van der Waals surface area contributed by atoms with Crippen molar-refractivity contribution in [3.63, 3.8) is 0 Å². The third-order valence-corrected chi connectivity index (χ3v) is 9.01. The summed E-state index contributed by atoms with van der Waals surface area (Å²) >= 11 is 3.83. The fraction of sp³-hybridized carbons (Fsp3) is 0.281. The SMILES string of the molecule is COc1ccc2c(c1)CC(Br)(c1ccc3cc(-c4nc5cc(C(=O)O)ccc5n4C4CCCCC4)ccc3n1)O2. The van der Waals surface area contributed by atoms with Gasteiger partial charge in [-0.15, -0.1) is 0 Å². The van der Waals surface area contributed by atoms with Crippen molar-refractivity contribution in [2.75, 3.05) is 7.11 Å². The number of carbonyl (C=O) groups is 1. The third-order valence-electron chi connectivity index (χ3n) is 8.16. The molecule has 0 radical (unpaired) electrons. The molecule has 1 unspecified atom stereocenters. The minimum Gasteiger partial charge on any atom is -0.497 e. The van der Waals surface area contributed by atoms with Crippen molar-refractivity contribution in [2.24, 2.45) is 0 Å². The molecule has 3 heterocycles. The molecule has 40 heavy (non-hydrogen) atoms. The van der Waals surface area contributed by atoms with Crippen LogP contribution in [0.15, 0.2) is 66.7 Å². The molecule has 0 amide bonds. The van der Waals surface area contributed by atoms with Crippen LogP contribution < -0.4 is 9.47 Å². The molecule has 0 saturated heterocycles. The Kier molecular flexibility index (Phi) is 6.04. The van der Waals surface area contributed by atoms with Crippen LogP contribution in [-0.4, -0.2) is 32.7 Å². The second-order valence-corrected chi connectivity index (χ2v) is 12.0. The molecule has 7 rings (SSSR count). The number of ether oxygens (including phenoxy) is 2.